The van der Waals surface area contributed by atoms with Gasteiger partial charge in [0.2, 0.25) is 0 Å². The highest BCUT2D eigenvalue weighted by Crippen LogP contribution is 2.70. The van der Waals surface area contributed by atoms with E-state index in [1.54, 1.807) is 0 Å². The molecular weight excluding hydrogens is 667 g/mol. The molecule has 10 nitrogen and oxygen atoms in total. The Labute approximate surface area is 311 Å². The Morgan fingerprint density at radius 1 is 0.941 bits per heavy atom. The van der Waals surface area contributed by atoms with Crippen LogP contribution in [0.2, 0.25) is 0 Å². The highest BCUT2D eigenvalue weighted by atomic mass is 32.2. The van der Waals surface area contributed by atoms with Crippen LogP contribution in [-0.2, 0) is 9.47 Å². The standard InChI is InChI=1S/C40H71N3O7S/c1-25(2)11-10-12-26(3)28-13-14-29-27-15-20-40(18-7-6-17-39(40,5)30(27)16-19-38(28,29)4)50-37(48)43-22-9-8-21-42-32(41)24-51-36-35(47)34(46)33(45)31(23-44)49-36/h25-31,33-36,44-47H,6-24H2,1-5H3,(H2,41,42)(H,43,48)/t26-,27+,28-,29+,30+,31-,33-,34+,35+,36?,38-,39-,40?/m1/s1. The second-order valence-corrected chi connectivity index (χ2v) is 19.1. The fraction of sp³-hybridized carbons (Fsp3) is 0.950. The van der Waals surface area contributed by atoms with Crippen LogP contribution >= 0.6 is 11.8 Å². The lowest BCUT2D eigenvalue weighted by molar-refractivity contribution is -0.205. The van der Waals surface area contributed by atoms with Gasteiger partial charge in [-0.25, -0.2) is 4.79 Å². The summed E-state index contributed by atoms with van der Waals surface area (Å²) in [4.78, 5) is 17.8. The van der Waals surface area contributed by atoms with Gasteiger partial charge < -0.3 is 41.0 Å². The molecule has 1 heterocycles. The number of alkyl carbamates (subject to hydrolysis) is 1. The van der Waals surface area contributed by atoms with Crippen LogP contribution in [0.1, 0.15) is 131 Å². The van der Waals surface area contributed by atoms with Gasteiger partial charge in [-0.05, 0) is 112 Å². The van der Waals surface area contributed by atoms with E-state index < -0.39 is 36.5 Å². The third kappa shape index (κ3) is 8.74. The van der Waals surface area contributed by atoms with Crippen molar-refractivity contribution < 1.29 is 34.7 Å². The lowest BCUT2D eigenvalue weighted by Crippen LogP contribution is -2.63. The molecule has 1 aliphatic heterocycles. The van der Waals surface area contributed by atoms with Crippen LogP contribution in [0, 0.1) is 46.3 Å². The Morgan fingerprint density at radius 3 is 2.45 bits per heavy atom. The van der Waals surface area contributed by atoms with Crippen molar-refractivity contribution in [2.24, 2.45) is 57.1 Å². The maximum Gasteiger partial charge on any atom is 0.407 e. The number of aliphatic hydroxyl groups is 4. The van der Waals surface area contributed by atoms with Gasteiger partial charge in [0.05, 0.1) is 12.4 Å². The molecule has 4 aliphatic carbocycles. The van der Waals surface area contributed by atoms with E-state index in [9.17, 15) is 25.2 Å². The molecule has 5 rings (SSSR count). The van der Waals surface area contributed by atoms with Crippen molar-refractivity contribution in [3.05, 3.63) is 0 Å². The molecule has 294 valence electrons. The number of aliphatic imine (C=N–C) groups is 1. The number of nitrogens with one attached hydrogen (secondary N) is 1. The number of carbonyl (C=O) groups is 1. The van der Waals surface area contributed by atoms with Crippen molar-refractivity contribution in [3.8, 4) is 0 Å². The Balaban J connectivity index is 1.07. The number of aliphatic hydroxyl groups excluding tert-OH is 4. The van der Waals surface area contributed by atoms with E-state index in [1.807, 2.05) is 0 Å². The summed E-state index contributed by atoms with van der Waals surface area (Å²) in [5.74, 6) is 5.29. The second-order valence-electron chi connectivity index (χ2n) is 18.0. The van der Waals surface area contributed by atoms with Crippen LogP contribution in [0.15, 0.2) is 4.99 Å². The molecule has 5 fully saturated rings. The third-order valence-corrected chi connectivity index (χ3v) is 15.8. The fourth-order valence-corrected chi connectivity index (χ4v) is 12.8. The van der Waals surface area contributed by atoms with Gasteiger partial charge >= 0.3 is 6.09 Å². The minimum Gasteiger partial charge on any atom is -0.442 e. The molecule has 0 aromatic carbocycles. The maximum atomic E-state index is 13.4. The molecule has 0 bridgehead atoms. The van der Waals surface area contributed by atoms with Gasteiger partial charge in [-0.3, -0.25) is 4.99 Å². The lowest BCUT2D eigenvalue weighted by atomic mass is 9.43. The van der Waals surface area contributed by atoms with Gasteiger partial charge in [-0.2, -0.15) is 0 Å². The van der Waals surface area contributed by atoms with E-state index in [2.05, 4.69) is 44.9 Å². The lowest BCUT2D eigenvalue weighted by Gasteiger charge is -2.64. The summed E-state index contributed by atoms with van der Waals surface area (Å²) >= 11 is 1.17. The molecular formula is C40H71N3O7S. The molecule has 5 aliphatic rings. The summed E-state index contributed by atoms with van der Waals surface area (Å²) in [5.41, 5.74) is 5.36. The third-order valence-electron chi connectivity index (χ3n) is 14.6. The van der Waals surface area contributed by atoms with Crippen molar-refractivity contribution in [2.45, 2.75) is 166 Å². The van der Waals surface area contributed by atoms with Gasteiger partial charge in [0.15, 0.2) is 0 Å². The minimum atomic E-state index is -1.41. The first-order chi connectivity index (χ1) is 24.3. The first-order valence-electron chi connectivity index (χ1n) is 20.4. The predicted molar refractivity (Wildman–Crippen MR) is 203 cm³/mol. The van der Waals surface area contributed by atoms with Gasteiger partial charge in [0.25, 0.3) is 0 Å². The number of fused-ring (bicyclic) bond motifs is 5. The molecule has 0 radical (unpaired) electrons. The molecule has 51 heavy (non-hydrogen) atoms. The smallest absolute Gasteiger partial charge is 0.407 e. The number of unbranched alkanes of at least 4 members (excludes halogenated alkanes) is 1. The van der Waals surface area contributed by atoms with Crippen molar-refractivity contribution >= 4 is 23.7 Å². The van der Waals surface area contributed by atoms with Crippen molar-refractivity contribution in [1.82, 2.24) is 5.32 Å². The first-order valence-corrected chi connectivity index (χ1v) is 21.5. The number of hydrogen-bond acceptors (Lipinski definition) is 9. The summed E-state index contributed by atoms with van der Waals surface area (Å²) in [7, 11) is 0. The fourth-order valence-electron chi connectivity index (χ4n) is 11.8. The zero-order valence-corrected chi connectivity index (χ0v) is 33.0. The highest BCUT2D eigenvalue weighted by molar-refractivity contribution is 8.00. The molecule has 1 amide bonds. The molecule has 13 atom stereocenters. The number of amidine groups is 1. The van der Waals surface area contributed by atoms with Crippen LogP contribution in [0.5, 0.6) is 0 Å². The molecule has 4 saturated carbocycles. The first kappa shape index (κ1) is 41.1. The summed E-state index contributed by atoms with van der Waals surface area (Å²) in [6.07, 6.45) is 12.3. The van der Waals surface area contributed by atoms with Gasteiger partial charge in [0, 0.05) is 18.5 Å². The Morgan fingerprint density at radius 2 is 1.71 bits per heavy atom. The van der Waals surface area contributed by atoms with Crippen LogP contribution < -0.4 is 11.1 Å². The predicted octanol–water partition coefficient (Wildman–Crippen LogP) is 6.02. The second kappa shape index (κ2) is 17.6. The van der Waals surface area contributed by atoms with Crippen LogP contribution in [-0.4, -0.2) is 93.3 Å². The highest BCUT2D eigenvalue weighted by Gasteiger charge is 2.65. The average Bonchev–Trinajstić information content (AvgIpc) is 3.45. The van der Waals surface area contributed by atoms with E-state index in [4.69, 9.17) is 15.2 Å². The number of ether oxygens (including phenoxy) is 2. The SMILES string of the molecule is CC(C)CCC[C@@H](C)[C@H]1CC[C@H]2[C@@H]3CCC4(OC(=O)NCCCCN=C(N)CSC5O[C@H](CO)[C@@H](O)[C@H](O)[C@@H]5O)CCCC[C@]4(C)[C@H]3CC[C@]12C. The summed E-state index contributed by atoms with van der Waals surface area (Å²) in [5, 5.41) is 42.6. The number of carbonyl (C=O) groups excluding carboxylic acids is 1. The number of nitrogens with two attached hydrogens (primary N) is 1. The number of rotatable bonds is 15. The Kier molecular flexibility index (Phi) is 14.1. The molecule has 7 N–H and O–H groups in total. The Bertz CT molecular complexity index is 1170. The molecule has 1 saturated heterocycles. The molecule has 0 aromatic rings. The van der Waals surface area contributed by atoms with Crippen LogP contribution in [0.4, 0.5) is 4.79 Å². The topological polar surface area (TPSA) is 167 Å². The monoisotopic (exact) mass is 738 g/mol. The summed E-state index contributed by atoms with van der Waals surface area (Å²) in [6, 6.07) is 0. The van der Waals surface area contributed by atoms with Crippen molar-refractivity contribution in [3.63, 3.8) is 0 Å². The Hall–Kier alpha value is -1.11. The van der Waals surface area contributed by atoms with Crippen LogP contribution in [0.3, 0.4) is 0 Å². The largest absolute Gasteiger partial charge is 0.442 e. The number of nitrogens with zero attached hydrogens (tertiary/aromatic N) is 1. The summed E-state index contributed by atoms with van der Waals surface area (Å²) < 4.78 is 12.1. The van der Waals surface area contributed by atoms with Crippen LogP contribution in [0.25, 0.3) is 0 Å². The molecule has 11 heteroatoms. The molecule has 0 spiro atoms. The zero-order valence-electron chi connectivity index (χ0n) is 32.2. The number of amides is 1. The number of thioether (sulfide) groups is 1. The normalized spacial score (nSPS) is 41.8. The van der Waals surface area contributed by atoms with E-state index in [-0.39, 0.29) is 22.9 Å². The molecule has 2 unspecified atom stereocenters. The number of hydrogen-bond donors (Lipinski definition) is 6. The van der Waals surface area contributed by atoms with E-state index >= 15 is 0 Å². The van der Waals surface area contributed by atoms with Gasteiger partial charge in [-0.15, -0.1) is 11.8 Å². The maximum absolute atomic E-state index is 13.4. The van der Waals surface area contributed by atoms with E-state index in [0.29, 0.717) is 30.3 Å². The van der Waals surface area contributed by atoms with Crippen molar-refractivity contribution in [1.29, 1.82) is 0 Å². The average molecular weight is 738 g/mol. The van der Waals surface area contributed by atoms with Gasteiger partial charge in [-0.1, -0.05) is 60.3 Å². The van der Waals surface area contributed by atoms with Crippen molar-refractivity contribution in [2.75, 3.05) is 25.4 Å². The summed E-state index contributed by atoms with van der Waals surface area (Å²) in [6.45, 7) is 12.9. The molecule has 0 aromatic heterocycles. The van der Waals surface area contributed by atoms with Gasteiger partial charge in [0.1, 0.15) is 41.3 Å². The van der Waals surface area contributed by atoms with E-state index in [1.165, 1.54) is 69.5 Å². The zero-order chi connectivity index (χ0) is 37.0. The quantitative estimate of drug-likeness (QED) is 0.0670. The minimum absolute atomic E-state index is 0.0354. The van der Waals surface area contributed by atoms with E-state index in [0.717, 1.165) is 68.1 Å².